The maximum atomic E-state index is 12.9. The molecule has 2 amide bonds. The second-order valence-corrected chi connectivity index (χ2v) is 6.87. The number of likely N-dealkylation sites (tertiary alicyclic amines) is 1. The molecule has 138 valence electrons. The van der Waals surface area contributed by atoms with Crippen LogP contribution in [-0.4, -0.2) is 50.6 Å². The third-order valence-corrected chi connectivity index (χ3v) is 5.10. The zero-order valence-electron chi connectivity index (χ0n) is 14.9. The Kier molecular flexibility index (Phi) is 7.11. The predicted octanol–water partition coefficient (Wildman–Crippen LogP) is 2.84. The number of hydrogen-bond donors (Lipinski definition) is 1. The monoisotopic (exact) mass is 412 g/mol. The molecule has 1 aliphatic heterocycles. The van der Waals surface area contributed by atoms with Crippen molar-refractivity contribution in [3.8, 4) is 11.5 Å². The van der Waals surface area contributed by atoms with E-state index in [1.165, 1.54) is 0 Å². The number of halogens is 1. The van der Waals surface area contributed by atoms with Crippen LogP contribution in [0.15, 0.2) is 16.6 Å². The van der Waals surface area contributed by atoms with Crippen LogP contribution in [0.25, 0.3) is 0 Å². The van der Waals surface area contributed by atoms with Gasteiger partial charge in [-0.1, -0.05) is 6.92 Å². The maximum absolute atomic E-state index is 12.9. The highest BCUT2D eigenvalue weighted by molar-refractivity contribution is 9.10. The van der Waals surface area contributed by atoms with Gasteiger partial charge in [0, 0.05) is 25.2 Å². The van der Waals surface area contributed by atoms with Crippen molar-refractivity contribution in [1.82, 2.24) is 10.2 Å². The van der Waals surface area contributed by atoms with Gasteiger partial charge in [-0.05, 0) is 47.3 Å². The molecule has 1 unspecified atom stereocenters. The zero-order valence-corrected chi connectivity index (χ0v) is 16.5. The van der Waals surface area contributed by atoms with Crippen LogP contribution in [0.1, 0.15) is 36.5 Å². The number of methoxy groups -OCH3 is 2. The molecule has 0 bridgehead atoms. The van der Waals surface area contributed by atoms with E-state index in [9.17, 15) is 9.59 Å². The van der Waals surface area contributed by atoms with Gasteiger partial charge in [0.05, 0.1) is 20.1 Å². The summed E-state index contributed by atoms with van der Waals surface area (Å²) in [5.41, 5.74) is 0.492. The van der Waals surface area contributed by atoms with Crippen molar-refractivity contribution >= 4 is 27.7 Å². The SMILES string of the molecule is CCCNC(=O)C1CCCN(C(=O)c2cc(OC)c(Br)c(OC)c2)C1. The first-order valence-corrected chi connectivity index (χ1v) is 9.29. The molecule has 1 aromatic carbocycles. The normalized spacial score (nSPS) is 17.1. The fourth-order valence-electron chi connectivity index (χ4n) is 2.94. The number of ether oxygens (including phenoxy) is 2. The van der Waals surface area contributed by atoms with E-state index in [-0.39, 0.29) is 17.7 Å². The van der Waals surface area contributed by atoms with Crippen molar-refractivity contribution in [2.75, 3.05) is 33.9 Å². The molecule has 0 spiro atoms. The number of carbonyl (C=O) groups is 2. The number of nitrogens with zero attached hydrogens (tertiary/aromatic N) is 1. The standard InChI is InChI=1S/C18H25BrN2O4/c1-4-7-20-17(22)12-6-5-8-21(11-12)18(23)13-9-14(24-2)16(19)15(10-13)25-3/h9-10,12H,4-8,11H2,1-3H3,(H,20,22). The second-order valence-electron chi connectivity index (χ2n) is 6.08. The molecule has 1 aliphatic rings. The third-order valence-electron chi connectivity index (χ3n) is 4.32. The fourth-order valence-corrected chi connectivity index (χ4v) is 3.50. The minimum atomic E-state index is -0.150. The van der Waals surface area contributed by atoms with Gasteiger partial charge in [-0.3, -0.25) is 9.59 Å². The molecule has 0 aromatic heterocycles. The van der Waals surface area contributed by atoms with Crippen LogP contribution in [0, 0.1) is 5.92 Å². The summed E-state index contributed by atoms with van der Waals surface area (Å²) < 4.78 is 11.3. The molecule has 1 N–H and O–H groups in total. The van der Waals surface area contributed by atoms with Crippen LogP contribution in [0.3, 0.4) is 0 Å². The number of amides is 2. The van der Waals surface area contributed by atoms with Gasteiger partial charge in [-0.25, -0.2) is 0 Å². The lowest BCUT2D eigenvalue weighted by atomic mass is 9.96. The molecule has 1 saturated heterocycles. The summed E-state index contributed by atoms with van der Waals surface area (Å²) in [6.07, 6.45) is 2.53. The summed E-state index contributed by atoms with van der Waals surface area (Å²) >= 11 is 3.41. The van der Waals surface area contributed by atoms with Crippen molar-refractivity contribution in [2.45, 2.75) is 26.2 Å². The molecular formula is C18H25BrN2O4. The van der Waals surface area contributed by atoms with E-state index in [1.807, 2.05) is 6.92 Å². The number of rotatable bonds is 6. The molecule has 7 heteroatoms. The van der Waals surface area contributed by atoms with Crippen molar-refractivity contribution in [1.29, 1.82) is 0 Å². The Morgan fingerprint density at radius 3 is 2.48 bits per heavy atom. The highest BCUT2D eigenvalue weighted by Crippen LogP contribution is 2.36. The van der Waals surface area contributed by atoms with Gasteiger partial charge in [0.1, 0.15) is 16.0 Å². The highest BCUT2D eigenvalue weighted by Gasteiger charge is 2.29. The van der Waals surface area contributed by atoms with Crippen LogP contribution < -0.4 is 14.8 Å². The molecule has 0 saturated carbocycles. The summed E-state index contributed by atoms with van der Waals surface area (Å²) in [6.45, 7) is 3.78. The van der Waals surface area contributed by atoms with Gasteiger partial charge in [0.25, 0.3) is 5.91 Å². The van der Waals surface area contributed by atoms with E-state index in [2.05, 4.69) is 21.2 Å². The largest absolute Gasteiger partial charge is 0.495 e. The number of benzene rings is 1. The Labute approximate surface area is 157 Å². The van der Waals surface area contributed by atoms with E-state index in [4.69, 9.17) is 9.47 Å². The van der Waals surface area contributed by atoms with Gasteiger partial charge < -0.3 is 19.7 Å². The molecule has 6 nitrogen and oxygen atoms in total. The lowest BCUT2D eigenvalue weighted by Crippen LogP contribution is -2.45. The summed E-state index contributed by atoms with van der Waals surface area (Å²) in [5, 5.41) is 2.92. The van der Waals surface area contributed by atoms with Crippen LogP contribution in [0.4, 0.5) is 0 Å². The Balaban J connectivity index is 2.15. The van der Waals surface area contributed by atoms with Crippen molar-refractivity contribution < 1.29 is 19.1 Å². The molecule has 25 heavy (non-hydrogen) atoms. The van der Waals surface area contributed by atoms with Gasteiger partial charge in [0.2, 0.25) is 5.91 Å². The average Bonchev–Trinajstić information content (AvgIpc) is 2.65. The molecule has 2 rings (SSSR count). The van der Waals surface area contributed by atoms with Crippen molar-refractivity contribution in [3.63, 3.8) is 0 Å². The van der Waals surface area contributed by atoms with Gasteiger partial charge in [0.15, 0.2) is 0 Å². The number of nitrogens with one attached hydrogen (secondary N) is 1. The highest BCUT2D eigenvalue weighted by atomic mass is 79.9. The Morgan fingerprint density at radius 1 is 1.28 bits per heavy atom. The van der Waals surface area contributed by atoms with Crippen LogP contribution in [0.2, 0.25) is 0 Å². The summed E-state index contributed by atoms with van der Waals surface area (Å²) in [5.74, 6) is 0.847. The zero-order chi connectivity index (χ0) is 18.4. The lowest BCUT2D eigenvalue weighted by Gasteiger charge is -2.32. The average molecular weight is 413 g/mol. The molecular weight excluding hydrogens is 388 g/mol. The Bertz CT molecular complexity index is 610. The van der Waals surface area contributed by atoms with Gasteiger partial charge in [-0.2, -0.15) is 0 Å². The van der Waals surface area contributed by atoms with Gasteiger partial charge in [-0.15, -0.1) is 0 Å². The molecule has 1 atom stereocenters. The van der Waals surface area contributed by atoms with Crippen LogP contribution in [0.5, 0.6) is 11.5 Å². The van der Waals surface area contributed by atoms with Crippen molar-refractivity contribution in [2.24, 2.45) is 5.92 Å². The number of piperidine rings is 1. The topological polar surface area (TPSA) is 67.9 Å². The van der Waals surface area contributed by atoms with Crippen LogP contribution in [-0.2, 0) is 4.79 Å². The van der Waals surface area contributed by atoms with Gasteiger partial charge >= 0.3 is 0 Å². The maximum Gasteiger partial charge on any atom is 0.254 e. The van der Waals surface area contributed by atoms with E-state index >= 15 is 0 Å². The Morgan fingerprint density at radius 2 is 1.92 bits per heavy atom. The van der Waals surface area contributed by atoms with E-state index in [1.54, 1.807) is 31.3 Å². The molecule has 1 fully saturated rings. The molecule has 1 aromatic rings. The molecule has 1 heterocycles. The van der Waals surface area contributed by atoms with Crippen molar-refractivity contribution in [3.05, 3.63) is 22.2 Å². The molecule has 0 radical (unpaired) electrons. The van der Waals surface area contributed by atoms with E-state index < -0.39 is 0 Å². The third kappa shape index (κ3) is 4.66. The first-order valence-electron chi connectivity index (χ1n) is 8.50. The van der Waals surface area contributed by atoms with Crippen LogP contribution >= 0.6 is 15.9 Å². The fraction of sp³-hybridized carbons (Fsp3) is 0.556. The van der Waals surface area contributed by atoms with E-state index in [0.717, 1.165) is 19.3 Å². The minimum absolute atomic E-state index is 0.0327. The quantitative estimate of drug-likeness (QED) is 0.779. The molecule has 0 aliphatic carbocycles. The summed E-state index contributed by atoms with van der Waals surface area (Å²) in [4.78, 5) is 26.8. The first-order chi connectivity index (χ1) is 12.0. The number of hydrogen-bond acceptors (Lipinski definition) is 4. The second kappa shape index (κ2) is 9.08. The predicted molar refractivity (Wildman–Crippen MR) is 99.2 cm³/mol. The summed E-state index contributed by atoms with van der Waals surface area (Å²) in [7, 11) is 3.09. The first kappa shape index (κ1) is 19.6. The summed E-state index contributed by atoms with van der Waals surface area (Å²) in [6, 6.07) is 3.38. The Hall–Kier alpha value is -1.76. The van der Waals surface area contributed by atoms with E-state index in [0.29, 0.717) is 41.2 Å². The minimum Gasteiger partial charge on any atom is -0.495 e. The lowest BCUT2D eigenvalue weighted by molar-refractivity contribution is -0.126. The smallest absolute Gasteiger partial charge is 0.254 e. The number of carbonyl (C=O) groups excluding carboxylic acids is 2.